The summed E-state index contributed by atoms with van der Waals surface area (Å²) in [6.45, 7) is 4.81. The van der Waals surface area contributed by atoms with Crippen LogP contribution < -0.4 is 5.32 Å². The molecule has 1 atom stereocenters. The minimum atomic E-state index is -1.22. The number of aliphatic carboxylic acids is 1. The number of unbranched alkanes of at least 4 members (excludes halogenated alkanes) is 24. The quantitative estimate of drug-likeness (QED) is 0.0609. The molecular formula is C35H67NO5. The first kappa shape index (κ1) is 39.4. The van der Waals surface area contributed by atoms with Crippen molar-refractivity contribution in [2.45, 2.75) is 200 Å². The summed E-state index contributed by atoms with van der Waals surface area (Å²) >= 11 is 0. The predicted octanol–water partition coefficient (Wildman–Crippen LogP) is 10.1. The Morgan fingerprint density at radius 1 is 0.537 bits per heavy atom. The van der Waals surface area contributed by atoms with Crippen molar-refractivity contribution in [1.29, 1.82) is 0 Å². The molecule has 0 aliphatic heterocycles. The van der Waals surface area contributed by atoms with Crippen molar-refractivity contribution < 1.29 is 24.2 Å². The molecule has 0 bridgehead atoms. The molecule has 0 aliphatic carbocycles. The highest BCUT2D eigenvalue weighted by atomic mass is 16.5. The second kappa shape index (κ2) is 31.3. The summed E-state index contributed by atoms with van der Waals surface area (Å²) in [5.41, 5.74) is 0. The number of carboxylic acid groups (broad SMARTS) is 1. The second-order valence-electron chi connectivity index (χ2n) is 12.1. The third-order valence-corrected chi connectivity index (χ3v) is 8.02. The van der Waals surface area contributed by atoms with Gasteiger partial charge in [0.25, 0.3) is 0 Å². The van der Waals surface area contributed by atoms with E-state index >= 15 is 0 Å². The normalized spacial score (nSPS) is 11.9. The number of hydrogen-bond acceptors (Lipinski definition) is 4. The fraction of sp³-hybridized carbons (Fsp3) is 0.914. The van der Waals surface area contributed by atoms with Crippen LogP contribution in [0.3, 0.4) is 0 Å². The molecule has 0 heterocycles. The molecule has 0 fully saturated rings. The third-order valence-electron chi connectivity index (χ3n) is 8.02. The highest BCUT2D eigenvalue weighted by Crippen LogP contribution is 2.14. The van der Waals surface area contributed by atoms with Crippen LogP contribution in [0.15, 0.2) is 0 Å². The second-order valence-corrected chi connectivity index (χ2v) is 12.1. The highest BCUT2D eigenvalue weighted by Gasteiger charge is 2.23. The lowest BCUT2D eigenvalue weighted by Crippen LogP contribution is -2.42. The SMILES string of the molecule is CCCCCCCCCCCCCCCCCCOC(=O)C[C@H](NC(=O)CCCCCCCCCCCC)C(=O)O. The molecule has 6 heteroatoms. The lowest BCUT2D eigenvalue weighted by molar-refractivity contribution is -0.150. The molecule has 0 radical (unpaired) electrons. The zero-order chi connectivity index (χ0) is 30.2. The van der Waals surface area contributed by atoms with Gasteiger partial charge in [-0.1, -0.05) is 168 Å². The topological polar surface area (TPSA) is 92.7 Å². The van der Waals surface area contributed by atoms with Crippen LogP contribution in [0.25, 0.3) is 0 Å². The number of carbonyl (C=O) groups excluding carboxylic acids is 2. The van der Waals surface area contributed by atoms with Gasteiger partial charge in [0.2, 0.25) is 5.91 Å². The molecule has 2 N–H and O–H groups in total. The fourth-order valence-corrected chi connectivity index (χ4v) is 5.30. The molecule has 0 aromatic carbocycles. The first-order chi connectivity index (χ1) is 20.0. The molecule has 0 saturated heterocycles. The average molecular weight is 582 g/mol. The molecule has 0 aromatic rings. The Morgan fingerprint density at radius 2 is 0.878 bits per heavy atom. The van der Waals surface area contributed by atoms with Gasteiger partial charge in [-0.2, -0.15) is 0 Å². The third kappa shape index (κ3) is 29.7. The van der Waals surface area contributed by atoms with E-state index in [1.807, 2.05) is 0 Å². The number of esters is 1. The smallest absolute Gasteiger partial charge is 0.326 e. The number of carbonyl (C=O) groups is 3. The Labute approximate surface area is 253 Å². The van der Waals surface area contributed by atoms with Crippen molar-refractivity contribution in [3.8, 4) is 0 Å². The van der Waals surface area contributed by atoms with Gasteiger partial charge in [0.15, 0.2) is 0 Å². The molecular weight excluding hydrogens is 514 g/mol. The van der Waals surface area contributed by atoms with Crippen LogP contribution in [0.1, 0.15) is 194 Å². The van der Waals surface area contributed by atoms with Gasteiger partial charge >= 0.3 is 11.9 Å². The van der Waals surface area contributed by atoms with Gasteiger partial charge in [0.05, 0.1) is 13.0 Å². The summed E-state index contributed by atoms with van der Waals surface area (Å²) in [6.07, 6.45) is 32.3. The van der Waals surface area contributed by atoms with E-state index in [2.05, 4.69) is 19.2 Å². The number of ether oxygens (including phenoxy) is 1. The van der Waals surface area contributed by atoms with Crippen molar-refractivity contribution >= 4 is 17.8 Å². The van der Waals surface area contributed by atoms with E-state index in [0.717, 1.165) is 38.5 Å². The van der Waals surface area contributed by atoms with E-state index in [1.54, 1.807) is 0 Å². The first-order valence-corrected chi connectivity index (χ1v) is 17.7. The Kier molecular flexibility index (Phi) is 30.1. The van der Waals surface area contributed by atoms with Crippen LogP contribution in [0, 0.1) is 0 Å². The lowest BCUT2D eigenvalue weighted by atomic mass is 10.0. The van der Waals surface area contributed by atoms with Gasteiger partial charge in [-0.3, -0.25) is 9.59 Å². The van der Waals surface area contributed by atoms with Crippen molar-refractivity contribution in [2.75, 3.05) is 6.61 Å². The van der Waals surface area contributed by atoms with Gasteiger partial charge in [-0.15, -0.1) is 0 Å². The molecule has 1 amide bonds. The maximum atomic E-state index is 12.2. The number of amides is 1. The fourth-order valence-electron chi connectivity index (χ4n) is 5.30. The molecule has 242 valence electrons. The maximum absolute atomic E-state index is 12.2. The zero-order valence-corrected chi connectivity index (χ0v) is 27.2. The lowest BCUT2D eigenvalue weighted by Gasteiger charge is -2.14. The highest BCUT2D eigenvalue weighted by molar-refractivity contribution is 5.87. The minimum Gasteiger partial charge on any atom is -0.480 e. The zero-order valence-electron chi connectivity index (χ0n) is 27.2. The van der Waals surface area contributed by atoms with Crippen molar-refractivity contribution in [1.82, 2.24) is 5.32 Å². The maximum Gasteiger partial charge on any atom is 0.326 e. The summed E-state index contributed by atoms with van der Waals surface area (Å²) in [7, 11) is 0. The van der Waals surface area contributed by atoms with Crippen molar-refractivity contribution in [3.05, 3.63) is 0 Å². The van der Waals surface area contributed by atoms with E-state index in [4.69, 9.17) is 4.74 Å². The van der Waals surface area contributed by atoms with Crippen LogP contribution in [0.5, 0.6) is 0 Å². The van der Waals surface area contributed by atoms with E-state index in [-0.39, 0.29) is 12.3 Å². The van der Waals surface area contributed by atoms with Crippen LogP contribution >= 0.6 is 0 Å². The molecule has 0 aliphatic rings. The Bertz CT molecular complexity index is 609. The Morgan fingerprint density at radius 3 is 1.24 bits per heavy atom. The van der Waals surface area contributed by atoms with E-state index in [0.29, 0.717) is 13.0 Å². The van der Waals surface area contributed by atoms with Gasteiger partial charge in [0, 0.05) is 6.42 Å². The minimum absolute atomic E-state index is 0.300. The van der Waals surface area contributed by atoms with Gasteiger partial charge in [-0.25, -0.2) is 4.79 Å². The molecule has 6 nitrogen and oxygen atoms in total. The van der Waals surface area contributed by atoms with Gasteiger partial charge in [0.1, 0.15) is 6.04 Å². The molecule has 0 rings (SSSR count). The first-order valence-electron chi connectivity index (χ1n) is 17.7. The Balaban J connectivity index is 3.63. The van der Waals surface area contributed by atoms with Crippen LogP contribution in [-0.4, -0.2) is 35.6 Å². The molecule has 0 saturated carbocycles. The summed E-state index contributed by atoms with van der Waals surface area (Å²) in [5, 5.41) is 11.9. The predicted molar refractivity (Wildman–Crippen MR) is 171 cm³/mol. The largest absolute Gasteiger partial charge is 0.480 e. The molecule has 0 aromatic heterocycles. The number of hydrogen-bond donors (Lipinski definition) is 2. The van der Waals surface area contributed by atoms with Crippen LogP contribution in [0.4, 0.5) is 0 Å². The summed E-state index contributed by atoms with van der Waals surface area (Å²) in [6, 6.07) is -1.22. The van der Waals surface area contributed by atoms with E-state index in [9.17, 15) is 19.5 Å². The van der Waals surface area contributed by atoms with Crippen molar-refractivity contribution in [2.24, 2.45) is 0 Å². The van der Waals surface area contributed by atoms with Crippen LogP contribution in [0.2, 0.25) is 0 Å². The molecule has 0 unspecified atom stereocenters. The van der Waals surface area contributed by atoms with E-state index in [1.165, 1.54) is 128 Å². The van der Waals surface area contributed by atoms with Crippen molar-refractivity contribution in [3.63, 3.8) is 0 Å². The number of carboxylic acids is 1. The standard InChI is InChI=1S/C35H67NO5/c1-3-5-7-9-11-13-15-16-17-18-19-20-22-24-26-28-30-41-34(38)31-32(35(39)40)36-33(37)29-27-25-23-21-14-12-10-8-6-4-2/h32H,3-31H2,1-2H3,(H,36,37)(H,39,40)/t32-/m0/s1. The summed E-state index contributed by atoms with van der Waals surface area (Å²) in [5.74, 6) is -2.05. The van der Waals surface area contributed by atoms with Crippen LogP contribution in [-0.2, 0) is 19.1 Å². The number of nitrogens with one attached hydrogen (secondary N) is 1. The van der Waals surface area contributed by atoms with Gasteiger partial charge < -0.3 is 15.2 Å². The molecule has 41 heavy (non-hydrogen) atoms. The molecule has 0 spiro atoms. The van der Waals surface area contributed by atoms with E-state index < -0.39 is 18.0 Å². The summed E-state index contributed by atoms with van der Waals surface area (Å²) < 4.78 is 5.24. The number of rotatable bonds is 32. The summed E-state index contributed by atoms with van der Waals surface area (Å²) in [4.78, 5) is 35.8. The average Bonchev–Trinajstić information content (AvgIpc) is 2.95. The Hall–Kier alpha value is -1.59. The monoisotopic (exact) mass is 582 g/mol. The van der Waals surface area contributed by atoms with Gasteiger partial charge in [-0.05, 0) is 12.8 Å².